The van der Waals surface area contributed by atoms with Gasteiger partial charge in [-0.3, -0.25) is 0 Å². The van der Waals surface area contributed by atoms with E-state index in [1.165, 1.54) is 0 Å². The molecular weight excluding hydrogens is 388 g/mol. The van der Waals surface area contributed by atoms with Gasteiger partial charge in [0.2, 0.25) is 0 Å². The van der Waals surface area contributed by atoms with E-state index in [0.717, 1.165) is 43.4 Å². The number of anilines is 4. The zero-order chi connectivity index (χ0) is 21.1. The third kappa shape index (κ3) is 4.25. The standard InChI is InChI=1S/C23H23F2N3O2/c24-19-14-20(26)22(21(25)23(19)29)27-15-6-8-16(9-7-15)28-12-10-18(11-13-28)30-17-4-2-1-3-5-17/h1-9,14,18,27,29H,10-13,26H2. The van der Waals surface area contributed by atoms with E-state index in [2.05, 4.69) is 10.2 Å². The van der Waals surface area contributed by atoms with Crippen molar-refractivity contribution in [3.8, 4) is 11.5 Å². The number of phenols is 1. The Balaban J connectivity index is 1.37. The number of phenolic OH excluding ortho intramolecular Hbond substituents is 1. The van der Waals surface area contributed by atoms with Crippen LogP contribution in [0.2, 0.25) is 0 Å². The molecule has 0 aliphatic carbocycles. The monoisotopic (exact) mass is 411 g/mol. The molecule has 4 rings (SSSR count). The van der Waals surface area contributed by atoms with Crippen LogP contribution in [0.15, 0.2) is 60.7 Å². The Morgan fingerprint density at radius 1 is 1.00 bits per heavy atom. The third-order valence-electron chi connectivity index (χ3n) is 5.21. The third-order valence-corrected chi connectivity index (χ3v) is 5.21. The highest BCUT2D eigenvalue weighted by molar-refractivity contribution is 5.75. The van der Waals surface area contributed by atoms with E-state index in [-0.39, 0.29) is 17.5 Å². The fraction of sp³-hybridized carbons (Fsp3) is 0.217. The van der Waals surface area contributed by atoms with Crippen LogP contribution in [-0.2, 0) is 0 Å². The molecule has 0 bridgehead atoms. The van der Waals surface area contributed by atoms with Crippen molar-refractivity contribution in [2.45, 2.75) is 18.9 Å². The van der Waals surface area contributed by atoms with E-state index in [4.69, 9.17) is 10.5 Å². The Morgan fingerprint density at radius 3 is 2.33 bits per heavy atom. The molecule has 0 unspecified atom stereocenters. The lowest BCUT2D eigenvalue weighted by Gasteiger charge is -2.33. The Labute approximate surface area is 173 Å². The second kappa shape index (κ2) is 8.49. The predicted octanol–water partition coefficient (Wildman–Crippen LogP) is 5.04. The molecule has 156 valence electrons. The lowest BCUT2D eigenvalue weighted by atomic mass is 10.1. The van der Waals surface area contributed by atoms with Crippen LogP contribution < -0.4 is 20.7 Å². The number of piperidine rings is 1. The molecule has 0 amide bonds. The maximum absolute atomic E-state index is 14.1. The summed E-state index contributed by atoms with van der Waals surface area (Å²) < 4.78 is 33.5. The van der Waals surface area contributed by atoms with Crippen molar-refractivity contribution in [3.05, 3.63) is 72.3 Å². The quantitative estimate of drug-likeness (QED) is 0.405. The normalized spacial score (nSPS) is 14.5. The molecule has 3 aromatic rings. The van der Waals surface area contributed by atoms with Gasteiger partial charge in [0.1, 0.15) is 17.5 Å². The molecule has 5 nitrogen and oxygen atoms in total. The van der Waals surface area contributed by atoms with Crippen molar-refractivity contribution in [2.75, 3.05) is 29.0 Å². The first-order valence-electron chi connectivity index (χ1n) is 9.81. The van der Waals surface area contributed by atoms with Gasteiger partial charge in [-0.2, -0.15) is 0 Å². The summed E-state index contributed by atoms with van der Waals surface area (Å²) in [7, 11) is 0. The maximum Gasteiger partial charge on any atom is 0.193 e. The van der Waals surface area contributed by atoms with Crippen LogP contribution >= 0.6 is 0 Å². The van der Waals surface area contributed by atoms with Gasteiger partial charge in [-0.25, -0.2) is 8.78 Å². The van der Waals surface area contributed by atoms with Gasteiger partial charge in [0.05, 0.1) is 5.69 Å². The number of nitrogens with zero attached hydrogens (tertiary/aromatic N) is 1. The average Bonchev–Trinajstić information content (AvgIpc) is 2.77. The van der Waals surface area contributed by atoms with Gasteiger partial charge in [0, 0.05) is 43.4 Å². The molecule has 7 heteroatoms. The molecule has 1 heterocycles. The second-order valence-electron chi connectivity index (χ2n) is 7.27. The molecule has 1 fully saturated rings. The number of nitrogens with one attached hydrogen (secondary N) is 1. The molecule has 1 aliphatic heterocycles. The van der Waals surface area contributed by atoms with E-state index in [9.17, 15) is 13.9 Å². The number of nitrogens with two attached hydrogens (primary N) is 1. The smallest absolute Gasteiger partial charge is 0.193 e. The number of nitrogen functional groups attached to an aromatic ring is 1. The Kier molecular flexibility index (Phi) is 5.61. The van der Waals surface area contributed by atoms with Crippen molar-refractivity contribution >= 4 is 22.7 Å². The number of halogens is 2. The summed E-state index contributed by atoms with van der Waals surface area (Å²) in [6.07, 6.45) is 2.04. The number of rotatable bonds is 5. The van der Waals surface area contributed by atoms with Crippen molar-refractivity contribution < 1.29 is 18.6 Å². The largest absolute Gasteiger partial charge is 0.503 e. The van der Waals surface area contributed by atoms with Gasteiger partial charge >= 0.3 is 0 Å². The maximum atomic E-state index is 14.1. The zero-order valence-corrected chi connectivity index (χ0v) is 16.3. The molecule has 30 heavy (non-hydrogen) atoms. The Hall–Kier alpha value is -3.48. The number of aromatic hydroxyl groups is 1. The average molecular weight is 411 g/mol. The topological polar surface area (TPSA) is 70.8 Å². The minimum absolute atomic E-state index is 0.118. The number of para-hydroxylation sites is 1. The lowest BCUT2D eigenvalue weighted by Crippen LogP contribution is -2.38. The van der Waals surface area contributed by atoms with E-state index in [1.807, 2.05) is 42.5 Å². The highest BCUT2D eigenvalue weighted by Crippen LogP contribution is 2.34. The summed E-state index contributed by atoms with van der Waals surface area (Å²) in [6.45, 7) is 1.75. The van der Waals surface area contributed by atoms with Crippen LogP contribution in [0.1, 0.15) is 12.8 Å². The number of hydrogen-bond acceptors (Lipinski definition) is 5. The van der Waals surface area contributed by atoms with Gasteiger partial charge in [0.15, 0.2) is 17.4 Å². The molecule has 0 spiro atoms. The summed E-state index contributed by atoms with van der Waals surface area (Å²) >= 11 is 0. The van der Waals surface area contributed by atoms with Crippen LogP contribution in [0.5, 0.6) is 11.5 Å². The SMILES string of the molecule is Nc1cc(F)c(O)c(F)c1Nc1ccc(N2CCC(Oc3ccccc3)CC2)cc1. The number of hydrogen-bond donors (Lipinski definition) is 3. The van der Waals surface area contributed by atoms with E-state index in [1.54, 1.807) is 12.1 Å². The van der Waals surface area contributed by atoms with Crippen LogP contribution in [0, 0.1) is 11.6 Å². The van der Waals surface area contributed by atoms with E-state index >= 15 is 0 Å². The Morgan fingerprint density at radius 2 is 1.67 bits per heavy atom. The van der Waals surface area contributed by atoms with Crippen molar-refractivity contribution in [1.29, 1.82) is 0 Å². The molecule has 4 N–H and O–H groups in total. The molecule has 1 saturated heterocycles. The molecule has 0 atom stereocenters. The fourth-order valence-corrected chi connectivity index (χ4v) is 3.58. The second-order valence-corrected chi connectivity index (χ2v) is 7.27. The zero-order valence-electron chi connectivity index (χ0n) is 16.3. The number of benzene rings is 3. The minimum Gasteiger partial charge on any atom is -0.503 e. The van der Waals surface area contributed by atoms with Gasteiger partial charge < -0.3 is 25.8 Å². The molecule has 3 aromatic carbocycles. The first kappa shape index (κ1) is 19.8. The van der Waals surface area contributed by atoms with E-state index in [0.29, 0.717) is 5.69 Å². The molecular formula is C23H23F2N3O2. The summed E-state index contributed by atoms with van der Waals surface area (Å²) in [5, 5.41) is 12.3. The minimum atomic E-state index is -1.11. The van der Waals surface area contributed by atoms with Crippen LogP contribution in [0.25, 0.3) is 0 Å². The summed E-state index contributed by atoms with van der Waals surface area (Å²) in [6, 6.07) is 18.2. The van der Waals surface area contributed by atoms with Gasteiger partial charge in [-0.05, 0) is 36.4 Å². The lowest BCUT2D eigenvalue weighted by molar-refractivity contribution is 0.171. The number of ether oxygens (including phenoxy) is 1. The van der Waals surface area contributed by atoms with Gasteiger partial charge in [0.25, 0.3) is 0 Å². The predicted molar refractivity (Wildman–Crippen MR) is 114 cm³/mol. The summed E-state index contributed by atoms with van der Waals surface area (Å²) in [5.74, 6) is -2.36. The molecule has 0 saturated carbocycles. The van der Waals surface area contributed by atoms with Crippen LogP contribution in [0.4, 0.5) is 31.5 Å². The highest BCUT2D eigenvalue weighted by atomic mass is 19.1. The first-order valence-corrected chi connectivity index (χ1v) is 9.81. The summed E-state index contributed by atoms with van der Waals surface area (Å²) in [4.78, 5) is 2.27. The highest BCUT2D eigenvalue weighted by Gasteiger charge is 2.21. The Bertz CT molecular complexity index is 1010. The van der Waals surface area contributed by atoms with Crippen LogP contribution in [-0.4, -0.2) is 24.3 Å². The first-order chi connectivity index (χ1) is 14.5. The molecule has 0 aromatic heterocycles. The summed E-state index contributed by atoms with van der Waals surface area (Å²) in [5.41, 5.74) is 7.04. The molecule has 1 aliphatic rings. The fourth-order valence-electron chi connectivity index (χ4n) is 3.58. The van der Waals surface area contributed by atoms with Crippen molar-refractivity contribution in [2.24, 2.45) is 0 Å². The van der Waals surface area contributed by atoms with Crippen molar-refractivity contribution in [3.63, 3.8) is 0 Å². The van der Waals surface area contributed by atoms with Gasteiger partial charge in [-0.15, -0.1) is 0 Å². The van der Waals surface area contributed by atoms with Crippen molar-refractivity contribution in [1.82, 2.24) is 0 Å². The molecule has 0 radical (unpaired) electrons. The van der Waals surface area contributed by atoms with E-state index < -0.39 is 17.4 Å². The van der Waals surface area contributed by atoms with Crippen LogP contribution in [0.3, 0.4) is 0 Å². The van der Waals surface area contributed by atoms with Gasteiger partial charge in [-0.1, -0.05) is 18.2 Å².